The van der Waals surface area contributed by atoms with Gasteiger partial charge in [0.25, 0.3) is 10.0 Å². The van der Waals surface area contributed by atoms with E-state index < -0.39 is 10.0 Å². The van der Waals surface area contributed by atoms with Crippen molar-refractivity contribution in [2.24, 2.45) is 0 Å². The third-order valence-electron chi connectivity index (χ3n) is 7.36. The summed E-state index contributed by atoms with van der Waals surface area (Å²) in [7, 11) is -2.26. The van der Waals surface area contributed by atoms with E-state index in [9.17, 15) is 8.42 Å². The van der Waals surface area contributed by atoms with Crippen molar-refractivity contribution in [2.75, 3.05) is 48.4 Å². The topological polar surface area (TPSA) is 136 Å². The van der Waals surface area contributed by atoms with Gasteiger partial charge in [-0.05, 0) is 54.6 Å². The Morgan fingerprint density at radius 1 is 0.864 bits per heavy atom. The maximum atomic E-state index is 13.2. The van der Waals surface area contributed by atoms with Gasteiger partial charge in [0.1, 0.15) is 16.5 Å². The van der Waals surface area contributed by atoms with Crippen LogP contribution in [0.15, 0.2) is 96.0 Å². The number of morpholine rings is 1. The summed E-state index contributed by atoms with van der Waals surface area (Å²) in [6.45, 7) is 2.68. The predicted octanol–water partition coefficient (Wildman–Crippen LogP) is 4.73. The van der Waals surface area contributed by atoms with Gasteiger partial charge in [0.15, 0.2) is 17.3 Å². The number of rotatable bonds is 8. The van der Waals surface area contributed by atoms with E-state index >= 15 is 0 Å². The molecule has 1 saturated heterocycles. The Morgan fingerprint density at radius 2 is 1.64 bits per heavy atom. The van der Waals surface area contributed by atoms with E-state index in [1.54, 1.807) is 42.0 Å². The molecule has 1 aliphatic heterocycles. The number of anilines is 4. The molecule has 0 aliphatic carbocycles. The van der Waals surface area contributed by atoms with Gasteiger partial charge in [0, 0.05) is 41.3 Å². The van der Waals surface area contributed by atoms with Crippen LogP contribution in [0.3, 0.4) is 0 Å². The van der Waals surface area contributed by atoms with Crippen LogP contribution in [0, 0.1) is 0 Å². The third-order valence-corrected chi connectivity index (χ3v) is 8.72. The normalized spacial score (nSPS) is 13.7. The van der Waals surface area contributed by atoms with Crippen LogP contribution in [0.5, 0.6) is 5.75 Å². The minimum Gasteiger partial charge on any atom is -0.497 e. The summed E-state index contributed by atoms with van der Waals surface area (Å²) in [5.74, 6) is 2.59. The molecule has 0 spiro atoms. The van der Waals surface area contributed by atoms with Crippen LogP contribution in [0.2, 0.25) is 0 Å². The van der Waals surface area contributed by atoms with Crippen molar-refractivity contribution in [3.05, 3.63) is 91.1 Å². The number of fused-ring (bicyclic) bond motifs is 3. The van der Waals surface area contributed by atoms with Crippen molar-refractivity contribution in [2.45, 2.75) is 4.90 Å². The van der Waals surface area contributed by atoms with Crippen molar-refractivity contribution in [1.82, 2.24) is 24.8 Å². The Bertz CT molecular complexity index is 2060. The zero-order valence-corrected chi connectivity index (χ0v) is 24.5. The molecule has 1 fully saturated rings. The number of hydrogen-bond acceptors (Lipinski definition) is 10. The lowest BCUT2D eigenvalue weighted by molar-refractivity contribution is 0.122. The molecule has 3 aromatic heterocycles. The van der Waals surface area contributed by atoms with Crippen LogP contribution >= 0.6 is 0 Å². The van der Waals surface area contributed by atoms with E-state index in [4.69, 9.17) is 14.6 Å². The number of ether oxygens (including phenoxy) is 2. The Kier molecular flexibility index (Phi) is 7.16. The van der Waals surface area contributed by atoms with Gasteiger partial charge in [-0.1, -0.05) is 30.3 Å². The van der Waals surface area contributed by atoms with Crippen molar-refractivity contribution < 1.29 is 17.9 Å². The number of methoxy groups -OCH3 is 1. The number of pyridine rings is 1. The smallest absolute Gasteiger partial charge is 0.263 e. The number of benzene rings is 3. The molecule has 0 bridgehead atoms. The standard InChI is InChI=1S/C31H28N8O4S/c1-42-24-11-9-21(10-12-24)30-34-35-31-27-8-3-2-7-26(27)29(36-39(30)31)33-22-5-4-6-23(19-22)37-44(40,41)25-13-14-28(32-20-25)38-15-17-43-18-16-38/h2-14,19-20,37H,15-18H2,1H3,(H,33,36). The van der Waals surface area contributed by atoms with Crippen molar-refractivity contribution in [3.63, 3.8) is 0 Å². The van der Waals surface area contributed by atoms with Gasteiger partial charge < -0.3 is 19.7 Å². The minimum atomic E-state index is -3.88. The maximum Gasteiger partial charge on any atom is 0.263 e. The van der Waals surface area contributed by atoms with Crippen LogP contribution in [0.1, 0.15) is 0 Å². The number of nitrogens with one attached hydrogen (secondary N) is 2. The fourth-order valence-electron chi connectivity index (χ4n) is 5.12. The average Bonchev–Trinajstić information content (AvgIpc) is 3.49. The summed E-state index contributed by atoms with van der Waals surface area (Å²) >= 11 is 0. The van der Waals surface area contributed by atoms with Crippen LogP contribution < -0.4 is 19.7 Å². The number of nitrogens with zero attached hydrogens (tertiary/aromatic N) is 6. The summed E-state index contributed by atoms with van der Waals surface area (Å²) in [6.07, 6.45) is 1.38. The molecule has 1 aliphatic rings. The second kappa shape index (κ2) is 11.4. The zero-order chi connectivity index (χ0) is 30.1. The van der Waals surface area contributed by atoms with Crippen LogP contribution in [-0.4, -0.2) is 66.6 Å². The lowest BCUT2D eigenvalue weighted by Crippen LogP contribution is -2.36. The molecule has 0 saturated carbocycles. The molecule has 13 heteroatoms. The summed E-state index contributed by atoms with van der Waals surface area (Å²) < 4.78 is 41.5. The molecule has 4 heterocycles. The number of aromatic nitrogens is 5. The molecule has 0 radical (unpaired) electrons. The summed E-state index contributed by atoms with van der Waals surface area (Å²) in [5, 5.41) is 18.8. The molecular formula is C31H28N8O4S. The first-order valence-corrected chi connectivity index (χ1v) is 15.4. The molecule has 12 nitrogen and oxygen atoms in total. The number of hydrogen-bond donors (Lipinski definition) is 2. The van der Waals surface area contributed by atoms with E-state index in [-0.39, 0.29) is 4.90 Å². The fraction of sp³-hybridized carbons (Fsp3) is 0.161. The van der Waals surface area contributed by atoms with E-state index in [0.29, 0.717) is 55.0 Å². The highest BCUT2D eigenvalue weighted by Crippen LogP contribution is 2.31. The van der Waals surface area contributed by atoms with E-state index in [2.05, 4.69) is 30.1 Å². The minimum absolute atomic E-state index is 0.0738. The Hall–Kier alpha value is -5.27. The van der Waals surface area contributed by atoms with Crippen molar-refractivity contribution in [1.29, 1.82) is 0 Å². The highest BCUT2D eigenvalue weighted by molar-refractivity contribution is 7.92. The fourth-order valence-corrected chi connectivity index (χ4v) is 6.11. The summed E-state index contributed by atoms with van der Waals surface area (Å²) in [5.41, 5.74) is 2.48. The molecule has 0 atom stereocenters. The molecule has 44 heavy (non-hydrogen) atoms. The average molecular weight is 609 g/mol. The first-order chi connectivity index (χ1) is 21.5. The molecular weight excluding hydrogens is 580 g/mol. The van der Waals surface area contributed by atoms with Crippen LogP contribution in [-0.2, 0) is 14.8 Å². The van der Waals surface area contributed by atoms with Gasteiger partial charge in [-0.3, -0.25) is 4.72 Å². The second-order valence-corrected chi connectivity index (χ2v) is 11.8. The monoisotopic (exact) mass is 608 g/mol. The van der Waals surface area contributed by atoms with E-state index in [1.165, 1.54) is 6.20 Å². The lowest BCUT2D eigenvalue weighted by Gasteiger charge is -2.27. The third kappa shape index (κ3) is 5.34. The molecule has 3 aromatic carbocycles. The van der Waals surface area contributed by atoms with Gasteiger partial charge >= 0.3 is 0 Å². The predicted molar refractivity (Wildman–Crippen MR) is 168 cm³/mol. The van der Waals surface area contributed by atoms with Gasteiger partial charge in [-0.2, -0.15) is 4.52 Å². The van der Waals surface area contributed by atoms with E-state index in [1.807, 2.05) is 54.6 Å². The van der Waals surface area contributed by atoms with Gasteiger partial charge in [0.2, 0.25) is 0 Å². The Morgan fingerprint density at radius 3 is 2.39 bits per heavy atom. The molecule has 0 unspecified atom stereocenters. The Labute approximate surface area is 253 Å². The highest BCUT2D eigenvalue weighted by atomic mass is 32.2. The van der Waals surface area contributed by atoms with Crippen LogP contribution in [0.25, 0.3) is 27.8 Å². The molecule has 222 valence electrons. The summed E-state index contributed by atoms with van der Waals surface area (Å²) in [6, 6.07) is 25.6. The second-order valence-electron chi connectivity index (χ2n) is 10.1. The van der Waals surface area contributed by atoms with Gasteiger partial charge in [-0.25, -0.2) is 13.4 Å². The zero-order valence-electron chi connectivity index (χ0n) is 23.7. The van der Waals surface area contributed by atoms with Gasteiger partial charge in [0.05, 0.1) is 26.0 Å². The molecule has 6 aromatic rings. The lowest BCUT2D eigenvalue weighted by atomic mass is 10.1. The Balaban J connectivity index is 1.17. The molecule has 0 amide bonds. The highest BCUT2D eigenvalue weighted by Gasteiger charge is 2.19. The summed E-state index contributed by atoms with van der Waals surface area (Å²) in [4.78, 5) is 6.52. The maximum absolute atomic E-state index is 13.2. The molecule has 2 N–H and O–H groups in total. The van der Waals surface area contributed by atoms with E-state index in [0.717, 1.165) is 27.9 Å². The van der Waals surface area contributed by atoms with Crippen LogP contribution in [0.4, 0.5) is 23.0 Å². The quantitative estimate of drug-likeness (QED) is 0.250. The molecule has 7 rings (SSSR count). The van der Waals surface area contributed by atoms with Crippen molar-refractivity contribution in [3.8, 4) is 17.1 Å². The number of sulfonamides is 1. The van der Waals surface area contributed by atoms with Gasteiger partial charge in [-0.15, -0.1) is 15.3 Å². The van der Waals surface area contributed by atoms with Crippen molar-refractivity contribution >= 4 is 49.5 Å². The first-order valence-electron chi connectivity index (χ1n) is 14.0. The first kappa shape index (κ1) is 27.6. The largest absolute Gasteiger partial charge is 0.497 e. The SMILES string of the molecule is COc1ccc(-c2nnc3c4ccccc4c(Nc4cccc(NS(=O)(=O)c5ccc(N6CCOCC6)nc5)c4)nn23)cc1.